The number of sulfone groups is 1. The second-order valence-electron chi connectivity index (χ2n) is 29.0. The Bertz CT molecular complexity index is 3910. The number of rotatable bonds is 9. The van der Waals surface area contributed by atoms with Crippen LogP contribution in [0, 0.1) is 50.9 Å². The van der Waals surface area contributed by atoms with Crippen molar-refractivity contribution >= 4 is 90.0 Å². The average molecular weight is 1420 g/mol. The molecule has 0 unspecified atom stereocenters. The van der Waals surface area contributed by atoms with E-state index in [1.807, 2.05) is 74.5 Å². The van der Waals surface area contributed by atoms with E-state index < -0.39 is 20.3 Å². The van der Waals surface area contributed by atoms with Gasteiger partial charge in [0.1, 0.15) is 57.5 Å². The minimum atomic E-state index is -3.23. The van der Waals surface area contributed by atoms with Crippen molar-refractivity contribution in [2.24, 2.45) is 23.2 Å². The highest BCUT2D eigenvalue weighted by Gasteiger charge is 2.56. The SMILES string of the molecule is CC.CC(C)(C)c1ccc([S+]2CCCCC2)cc1.COc1c(C)cc([S+]2CCCCC2)cc1C.CS(=O)(=O)c1ccc(-[s+]2c3ccccc3c(=O)c3ccccc32)cc1.Cc1cc([S+]2CCCC2)cc(C)c1OC(=O)C12CC3CC(CC(C3)C1)C2.c1ccc([S+]2CCCCC2)cc1. The Hall–Kier alpha value is -4.95. The van der Waals surface area contributed by atoms with Crippen molar-refractivity contribution < 1.29 is 22.7 Å². The normalized spacial score (nSPS) is 21.1. The fourth-order valence-corrected chi connectivity index (χ4v) is 28.6. The molecule has 4 aliphatic carbocycles. The molecule has 4 bridgehead atoms. The van der Waals surface area contributed by atoms with Crippen molar-refractivity contribution in [2.75, 3.05) is 59.4 Å². The zero-order valence-electron chi connectivity index (χ0n) is 60.2. The number of carbonyl (C=O) groups excluding carboxylic acids is 1. The van der Waals surface area contributed by atoms with E-state index in [0.717, 1.165) is 84.7 Å². The van der Waals surface area contributed by atoms with Gasteiger partial charge in [-0.15, -0.1) is 0 Å². The van der Waals surface area contributed by atoms with Crippen LogP contribution in [0.3, 0.4) is 0 Å². The number of methoxy groups -OCH3 is 1. The van der Waals surface area contributed by atoms with E-state index in [1.165, 1.54) is 164 Å². The Morgan fingerprint density at radius 1 is 0.454 bits per heavy atom. The Balaban J connectivity index is 0.000000134. The predicted octanol–water partition coefficient (Wildman–Crippen LogP) is 21.2. The largest absolute Gasteiger partial charge is 0.496 e. The molecule has 0 spiro atoms. The molecule has 0 amide bonds. The Labute approximate surface area is 598 Å². The molecule has 4 saturated heterocycles. The summed E-state index contributed by atoms with van der Waals surface area (Å²) in [7, 11) is 0.174. The van der Waals surface area contributed by atoms with Crippen LogP contribution in [0.4, 0.5) is 0 Å². The molecule has 97 heavy (non-hydrogen) atoms. The molecule has 12 heteroatoms. The van der Waals surface area contributed by atoms with E-state index in [1.54, 1.807) is 33.9 Å². The molecular formula is C85H111O6S6+5. The molecule has 16 rings (SSSR count). The number of esters is 1. The van der Waals surface area contributed by atoms with E-state index in [0.29, 0.717) is 48.5 Å². The fraction of sp³-hybridized carbons (Fsp3) is 0.482. The van der Waals surface area contributed by atoms with E-state index >= 15 is 0 Å². The molecule has 0 N–H and O–H groups in total. The lowest BCUT2D eigenvalue weighted by Crippen LogP contribution is -2.51. The van der Waals surface area contributed by atoms with E-state index in [9.17, 15) is 18.0 Å². The number of fused-ring (bicyclic) bond motifs is 2. The van der Waals surface area contributed by atoms with Crippen molar-refractivity contribution in [1.29, 1.82) is 0 Å². The lowest BCUT2D eigenvalue weighted by molar-refractivity contribution is -0.161. The van der Waals surface area contributed by atoms with Crippen LogP contribution in [0.25, 0.3) is 25.1 Å². The van der Waals surface area contributed by atoms with Crippen LogP contribution >= 0.6 is 10.5 Å². The molecular weight excluding hydrogens is 1310 g/mol. The van der Waals surface area contributed by atoms with Gasteiger partial charge in [-0.2, -0.15) is 0 Å². The molecule has 8 aliphatic rings. The quantitative estimate of drug-likeness (QED) is 0.0619. The van der Waals surface area contributed by atoms with Crippen molar-refractivity contribution in [1.82, 2.24) is 0 Å². The first kappa shape index (κ1) is 74.7. The first-order valence-corrected chi connectivity index (χ1v) is 45.7. The minimum absolute atomic E-state index is 0.0442. The maximum absolute atomic E-state index is 13.3. The Morgan fingerprint density at radius 2 is 0.804 bits per heavy atom. The molecule has 0 radical (unpaired) electrons. The van der Waals surface area contributed by atoms with Crippen LogP contribution in [0.2, 0.25) is 0 Å². The average Bonchev–Trinajstić information content (AvgIpc) is 1.61. The molecule has 4 aliphatic heterocycles. The molecule has 1 aromatic heterocycles. The summed E-state index contributed by atoms with van der Waals surface area (Å²) < 4.78 is 37.0. The number of hydrogen-bond donors (Lipinski definition) is 0. The van der Waals surface area contributed by atoms with Gasteiger partial charge in [-0.05, 0) is 285 Å². The van der Waals surface area contributed by atoms with Crippen molar-refractivity contribution in [3.8, 4) is 16.4 Å². The number of hydrogen-bond acceptors (Lipinski definition) is 6. The first-order chi connectivity index (χ1) is 46.7. The first-order valence-electron chi connectivity index (χ1n) is 36.4. The third-order valence-electron chi connectivity index (χ3n) is 20.6. The molecule has 5 heterocycles. The molecule has 7 aromatic carbocycles. The standard InChI is InChI=1S/C23H31O2S.C20H15O3S2.C15H23S.C14H21OS.C11H15S.C2H6/c1-15-7-20(26-5-3-4-6-26)8-16(2)21(15)25-22(24)23-12-17-9-18(13-23)11-19(10-17)14-23;1-25(22,23)15-12-10-14(11-13-15)24-18-8-4-2-6-16(18)20(21)17-7-3-5-9-19(17)24;1-15(2,3)13-7-9-14(10-8-13)16-11-5-4-6-12-16;1-11-9-13(10-12(2)14(11)15-3)16-7-5-4-6-8-16;1-3-7-11(8-4-1)12-9-5-2-6-10-12;1-2/h7-8,17-19H,3-6,9-14H2,1-2H3;2-13H,1H3;7-10H,4-6,11-12H2,1-3H3;9-10H,4-8H2,1-3H3;1,3-4,7-8H,2,5-6,9-10H2;1-2H3/q5*+1;. The Kier molecular flexibility index (Phi) is 26.7. The summed E-state index contributed by atoms with van der Waals surface area (Å²) in [6.07, 6.45) is 24.2. The van der Waals surface area contributed by atoms with Crippen LogP contribution in [-0.4, -0.2) is 73.8 Å². The van der Waals surface area contributed by atoms with Crippen LogP contribution < -0.4 is 14.9 Å². The summed E-state index contributed by atoms with van der Waals surface area (Å²) in [5.41, 5.74) is 6.49. The maximum Gasteiger partial charge on any atom is 0.317 e. The predicted molar refractivity (Wildman–Crippen MR) is 424 cm³/mol. The van der Waals surface area contributed by atoms with E-state index in [2.05, 4.69) is 127 Å². The van der Waals surface area contributed by atoms with E-state index in [-0.39, 0.29) is 22.2 Å². The molecule has 4 saturated carbocycles. The maximum atomic E-state index is 13.3. The molecule has 6 nitrogen and oxygen atoms in total. The third-order valence-corrected chi connectivity index (χ3v) is 34.0. The molecule has 518 valence electrons. The van der Waals surface area contributed by atoms with Gasteiger partial charge in [0.25, 0.3) is 0 Å². The summed E-state index contributed by atoms with van der Waals surface area (Å²) in [5.74, 6) is 15.5. The zero-order valence-corrected chi connectivity index (χ0v) is 65.1. The van der Waals surface area contributed by atoms with Gasteiger partial charge in [-0.25, -0.2) is 8.42 Å². The van der Waals surface area contributed by atoms with Gasteiger partial charge in [0.2, 0.25) is 5.43 Å². The van der Waals surface area contributed by atoms with Gasteiger partial charge in [0.15, 0.2) is 43.7 Å². The second kappa shape index (κ2) is 34.6. The van der Waals surface area contributed by atoms with Crippen molar-refractivity contribution in [3.05, 3.63) is 190 Å². The monoisotopic (exact) mass is 1420 g/mol. The smallest absolute Gasteiger partial charge is 0.317 e. The molecule has 0 atom stereocenters. The number of aryl methyl sites for hydroxylation is 4. The lowest BCUT2D eigenvalue weighted by atomic mass is 9.49. The number of carbonyl (C=O) groups is 1. The highest BCUT2D eigenvalue weighted by atomic mass is 32.2. The van der Waals surface area contributed by atoms with Gasteiger partial charge >= 0.3 is 5.97 Å². The van der Waals surface area contributed by atoms with Gasteiger partial charge in [0, 0.05) is 60.3 Å². The van der Waals surface area contributed by atoms with Crippen LogP contribution in [-0.2, 0) is 63.6 Å². The van der Waals surface area contributed by atoms with Crippen molar-refractivity contribution in [3.63, 3.8) is 0 Å². The molecule has 8 fully saturated rings. The van der Waals surface area contributed by atoms with Crippen LogP contribution in [0.5, 0.6) is 11.5 Å². The third kappa shape index (κ3) is 19.0. The van der Waals surface area contributed by atoms with Gasteiger partial charge < -0.3 is 9.47 Å². The highest BCUT2D eigenvalue weighted by Crippen LogP contribution is 2.60. The summed E-state index contributed by atoms with van der Waals surface area (Å²) in [6.45, 7) is 19.4. The second-order valence-corrected chi connectivity index (χ2v) is 42.1. The molecule has 8 aromatic rings. The van der Waals surface area contributed by atoms with E-state index in [4.69, 9.17) is 9.47 Å². The number of benzene rings is 7. The summed E-state index contributed by atoms with van der Waals surface area (Å²) in [5, 5.41) is 1.44. The van der Waals surface area contributed by atoms with Crippen molar-refractivity contribution in [2.45, 2.75) is 201 Å². The summed E-state index contributed by atoms with van der Waals surface area (Å²) in [6, 6.07) is 51.9. The lowest BCUT2D eigenvalue weighted by Gasteiger charge is -2.55. The summed E-state index contributed by atoms with van der Waals surface area (Å²) >= 11 is 0. The summed E-state index contributed by atoms with van der Waals surface area (Å²) in [4.78, 5) is 33.6. The zero-order chi connectivity index (χ0) is 68.9. The fourth-order valence-electron chi connectivity index (χ4n) is 16.1. The van der Waals surface area contributed by atoms with Gasteiger partial charge in [0.05, 0.1) is 28.2 Å². The minimum Gasteiger partial charge on any atom is -0.496 e. The highest BCUT2D eigenvalue weighted by molar-refractivity contribution is 7.97. The van der Waals surface area contributed by atoms with Crippen LogP contribution in [0.1, 0.15) is 172 Å². The van der Waals surface area contributed by atoms with Crippen LogP contribution in [0.15, 0.2) is 181 Å². The topological polar surface area (TPSA) is 86.7 Å². The Morgan fingerprint density at radius 3 is 1.20 bits per heavy atom. The number of ether oxygens (including phenoxy) is 2. The van der Waals surface area contributed by atoms with Gasteiger partial charge in [-0.3, -0.25) is 9.59 Å². The van der Waals surface area contributed by atoms with Gasteiger partial charge in [-0.1, -0.05) is 89.2 Å².